The molecule has 0 radical (unpaired) electrons. The first-order chi connectivity index (χ1) is 9.97. The fraction of sp³-hybridized carbons (Fsp3) is 0.467. The van der Waals surface area contributed by atoms with E-state index in [9.17, 15) is 9.90 Å². The number of hydrogen-bond donors (Lipinski definition) is 2. The lowest BCUT2D eigenvalue weighted by Gasteiger charge is -2.16. The average Bonchev–Trinajstić information content (AvgIpc) is 2.68. The molecule has 1 amide bonds. The molecule has 1 unspecified atom stereocenters. The van der Waals surface area contributed by atoms with Crippen molar-refractivity contribution >= 4 is 35.6 Å². The van der Waals surface area contributed by atoms with Gasteiger partial charge in [-0.15, -0.1) is 12.4 Å². The van der Waals surface area contributed by atoms with E-state index in [1.165, 1.54) is 0 Å². The molecule has 0 saturated carbocycles. The highest BCUT2D eigenvalue weighted by Crippen LogP contribution is 2.15. The number of rotatable bonds is 6. The molecule has 1 saturated heterocycles. The minimum absolute atomic E-state index is 0. The van der Waals surface area contributed by atoms with Gasteiger partial charge in [0.1, 0.15) is 11.8 Å². The molecule has 1 fully saturated rings. The van der Waals surface area contributed by atoms with Gasteiger partial charge < -0.3 is 15.3 Å². The zero-order valence-corrected chi connectivity index (χ0v) is 14.4. The van der Waals surface area contributed by atoms with E-state index in [1.807, 2.05) is 26.2 Å². The van der Waals surface area contributed by atoms with Crippen LogP contribution in [0.3, 0.4) is 0 Å². The Morgan fingerprint density at radius 3 is 2.55 bits per heavy atom. The van der Waals surface area contributed by atoms with Crippen LogP contribution in [-0.4, -0.2) is 59.2 Å². The first-order valence-corrected chi connectivity index (χ1v) is 7.42. The Bertz CT molecular complexity index is 522. The predicted octanol–water partition coefficient (Wildman–Crippen LogP) is 1.39. The van der Waals surface area contributed by atoms with Crippen LogP contribution in [0.4, 0.5) is 0 Å². The van der Waals surface area contributed by atoms with Gasteiger partial charge in [0.15, 0.2) is 5.11 Å². The topological polar surface area (TPSA) is 55.8 Å². The van der Waals surface area contributed by atoms with Crippen LogP contribution in [-0.2, 0) is 11.2 Å². The van der Waals surface area contributed by atoms with E-state index in [2.05, 4.69) is 10.2 Å². The van der Waals surface area contributed by atoms with Crippen LogP contribution in [0.1, 0.15) is 12.0 Å². The number of carbonyl (C=O) groups is 1. The highest BCUT2D eigenvalue weighted by Gasteiger charge is 2.34. The summed E-state index contributed by atoms with van der Waals surface area (Å²) in [6.07, 6.45) is 1.47. The van der Waals surface area contributed by atoms with E-state index in [1.54, 1.807) is 17.0 Å². The molecule has 2 N–H and O–H groups in total. The minimum atomic E-state index is -0.304. The number of phenolic OH excluding ortho intramolecular Hbond substituents is 1. The lowest BCUT2D eigenvalue weighted by molar-refractivity contribution is -0.127. The Kier molecular flexibility index (Phi) is 7.06. The molecule has 0 aromatic heterocycles. The summed E-state index contributed by atoms with van der Waals surface area (Å²) in [5.74, 6) is 0.261. The van der Waals surface area contributed by atoms with Crippen LogP contribution in [0.2, 0.25) is 0 Å². The van der Waals surface area contributed by atoms with Crippen LogP contribution in [0.15, 0.2) is 24.3 Å². The van der Waals surface area contributed by atoms with Gasteiger partial charge in [-0.25, -0.2) is 0 Å². The smallest absolute Gasteiger partial charge is 0.251 e. The standard InChI is InChI=1S/C15H21N3O2S.ClH/c1-17(2)8-3-9-18-14(20)13(16-15(18)21)10-11-4-6-12(19)7-5-11;/h4-7,13,19H,3,8-10H2,1-2H3,(H,16,21);1H. The molecular weight excluding hydrogens is 322 g/mol. The van der Waals surface area contributed by atoms with Crippen molar-refractivity contribution in [3.63, 3.8) is 0 Å². The second kappa shape index (κ2) is 8.31. The third kappa shape index (κ3) is 4.83. The number of benzene rings is 1. The molecule has 1 aromatic carbocycles. The van der Waals surface area contributed by atoms with Gasteiger partial charge >= 0.3 is 0 Å². The fourth-order valence-electron chi connectivity index (χ4n) is 2.34. The summed E-state index contributed by atoms with van der Waals surface area (Å²) in [5.41, 5.74) is 0.997. The van der Waals surface area contributed by atoms with Crippen molar-refractivity contribution in [1.82, 2.24) is 15.1 Å². The van der Waals surface area contributed by atoms with E-state index >= 15 is 0 Å². The first kappa shape index (κ1) is 18.7. The molecule has 0 spiro atoms. The van der Waals surface area contributed by atoms with Crippen molar-refractivity contribution < 1.29 is 9.90 Å². The number of carbonyl (C=O) groups excluding carboxylic acids is 1. The Balaban J connectivity index is 0.00000242. The van der Waals surface area contributed by atoms with Gasteiger partial charge in [0.2, 0.25) is 0 Å². The van der Waals surface area contributed by atoms with Crippen molar-refractivity contribution in [3.05, 3.63) is 29.8 Å². The van der Waals surface area contributed by atoms with E-state index < -0.39 is 0 Å². The molecule has 22 heavy (non-hydrogen) atoms. The van der Waals surface area contributed by atoms with E-state index in [-0.39, 0.29) is 30.1 Å². The maximum atomic E-state index is 12.4. The number of aromatic hydroxyl groups is 1. The van der Waals surface area contributed by atoms with Crippen molar-refractivity contribution in [3.8, 4) is 5.75 Å². The summed E-state index contributed by atoms with van der Waals surface area (Å²) in [7, 11) is 4.02. The summed E-state index contributed by atoms with van der Waals surface area (Å²) < 4.78 is 0. The highest BCUT2D eigenvalue weighted by molar-refractivity contribution is 7.80. The molecular formula is C15H22ClN3O2S. The lowest BCUT2D eigenvalue weighted by atomic mass is 10.1. The summed E-state index contributed by atoms with van der Waals surface area (Å²) >= 11 is 5.25. The monoisotopic (exact) mass is 343 g/mol. The number of amides is 1. The van der Waals surface area contributed by atoms with Gasteiger partial charge in [0, 0.05) is 13.0 Å². The Hall–Kier alpha value is -1.37. The molecule has 7 heteroatoms. The van der Waals surface area contributed by atoms with Gasteiger partial charge in [0.05, 0.1) is 0 Å². The summed E-state index contributed by atoms with van der Waals surface area (Å²) in [6.45, 7) is 1.57. The molecule has 122 valence electrons. The Morgan fingerprint density at radius 1 is 1.32 bits per heavy atom. The summed E-state index contributed by atoms with van der Waals surface area (Å²) in [6, 6.07) is 6.59. The Labute approximate surface area is 142 Å². The Morgan fingerprint density at radius 2 is 1.95 bits per heavy atom. The maximum Gasteiger partial charge on any atom is 0.251 e. The third-order valence-electron chi connectivity index (χ3n) is 3.47. The minimum Gasteiger partial charge on any atom is -0.508 e. The zero-order valence-electron chi connectivity index (χ0n) is 12.8. The molecule has 0 bridgehead atoms. The number of halogens is 1. The van der Waals surface area contributed by atoms with E-state index in [0.29, 0.717) is 18.1 Å². The van der Waals surface area contributed by atoms with Crippen LogP contribution < -0.4 is 5.32 Å². The van der Waals surface area contributed by atoms with E-state index in [0.717, 1.165) is 18.5 Å². The number of thiocarbonyl (C=S) groups is 1. The molecule has 1 heterocycles. The number of hydrogen-bond acceptors (Lipinski definition) is 4. The van der Waals surface area contributed by atoms with Gasteiger partial charge in [-0.3, -0.25) is 9.69 Å². The van der Waals surface area contributed by atoms with Crippen molar-refractivity contribution in [2.24, 2.45) is 0 Å². The second-order valence-corrected chi connectivity index (χ2v) is 5.91. The number of nitrogens with zero attached hydrogens (tertiary/aromatic N) is 2. The molecule has 1 aliphatic heterocycles. The molecule has 5 nitrogen and oxygen atoms in total. The molecule has 1 aliphatic rings. The summed E-state index contributed by atoms with van der Waals surface area (Å²) in [4.78, 5) is 16.1. The van der Waals surface area contributed by atoms with Gasteiger partial charge in [0.25, 0.3) is 5.91 Å². The molecule has 1 aromatic rings. The van der Waals surface area contributed by atoms with Crippen LogP contribution in [0, 0.1) is 0 Å². The fourth-order valence-corrected chi connectivity index (χ4v) is 2.66. The van der Waals surface area contributed by atoms with E-state index in [4.69, 9.17) is 12.2 Å². The summed E-state index contributed by atoms with van der Waals surface area (Å²) in [5, 5.41) is 12.9. The second-order valence-electron chi connectivity index (χ2n) is 5.52. The molecule has 2 rings (SSSR count). The molecule has 0 aliphatic carbocycles. The van der Waals surface area contributed by atoms with Crippen molar-refractivity contribution in [2.75, 3.05) is 27.2 Å². The predicted molar refractivity (Wildman–Crippen MR) is 93.5 cm³/mol. The van der Waals surface area contributed by atoms with Crippen molar-refractivity contribution in [1.29, 1.82) is 0 Å². The average molecular weight is 344 g/mol. The van der Waals surface area contributed by atoms with Gasteiger partial charge in [-0.1, -0.05) is 12.1 Å². The normalized spacial score (nSPS) is 17.6. The van der Waals surface area contributed by atoms with Gasteiger partial charge in [-0.05, 0) is 57.0 Å². The quantitative estimate of drug-likeness (QED) is 0.765. The highest BCUT2D eigenvalue weighted by atomic mass is 35.5. The maximum absolute atomic E-state index is 12.4. The largest absolute Gasteiger partial charge is 0.508 e. The number of phenols is 1. The van der Waals surface area contributed by atoms with Crippen LogP contribution >= 0.6 is 24.6 Å². The first-order valence-electron chi connectivity index (χ1n) is 7.02. The zero-order chi connectivity index (χ0) is 15.4. The molecule has 1 atom stereocenters. The lowest BCUT2D eigenvalue weighted by Crippen LogP contribution is -2.34. The van der Waals surface area contributed by atoms with Crippen LogP contribution in [0.5, 0.6) is 5.75 Å². The SMILES string of the molecule is CN(C)CCCN1C(=O)C(Cc2ccc(O)cc2)NC1=S.Cl. The third-order valence-corrected chi connectivity index (χ3v) is 3.81. The van der Waals surface area contributed by atoms with Crippen molar-refractivity contribution in [2.45, 2.75) is 18.9 Å². The number of nitrogens with one attached hydrogen (secondary N) is 1. The van der Waals surface area contributed by atoms with Crippen LogP contribution in [0.25, 0.3) is 0 Å². The van der Waals surface area contributed by atoms with Gasteiger partial charge in [-0.2, -0.15) is 0 Å².